The van der Waals surface area contributed by atoms with Crippen molar-refractivity contribution in [3.63, 3.8) is 0 Å². The molecule has 0 aliphatic carbocycles. The van der Waals surface area contributed by atoms with E-state index in [1.165, 1.54) is 37.3 Å². The van der Waals surface area contributed by atoms with Crippen molar-refractivity contribution in [1.29, 1.82) is 0 Å². The first kappa shape index (κ1) is 13.0. The van der Waals surface area contributed by atoms with Crippen LogP contribution < -0.4 is 5.32 Å². The molecule has 2 bridgehead atoms. The molecule has 0 saturated carbocycles. The Morgan fingerprint density at radius 1 is 1.38 bits per heavy atom. The molecule has 0 radical (unpaired) electrons. The number of amides is 1. The largest absolute Gasteiger partial charge is 0.347 e. The lowest BCUT2D eigenvalue weighted by Gasteiger charge is -2.44. The van der Waals surface area contributed by atoms with E-state index >= 15 is 0 Å². The second-order valence-corrected chi connectivity index (χ2v) is 6.93. The number of thiophene rings is 1. The van der Waals surface area contributed by atoms with E-state index < -0.39 is 0 Å². The molecule has 0 aromatic carbocycles. The lowest BCUT2D eigenvalue weighted by Crippen LogP contribution is -2.57. The zero-order valence-corrected chi connectivity index (χ0v) is 12.5. The van der Waals surface area contributed by atoms with Crippen LogP contribution in [0.15, 0.2) is 24.7 Å². The SMILES string of the molecule is O=C(NC1CN2CCC1CC2)c1ccc(-c2cnc[nH]2)s1. The van der Waals surface area contributed by atoms with Gasteiger partial charge in [0.1, 0.15) is 0 Å². The summed E-state index contributed by atoms with van der Waals surface area (Å²) in [6, 6.07) is 4.19. The Bertz CT molecular complexity index is 628. The van der Waals surface area contributed by atoms with Gasteiger partial charge in [0.05, 0.1) is 28.0 Å². The average Bonchev–Trinajstić information content (AvgIpc) is 3.20. The smallest absolute Gasteiger partial charge is 0.261 e. The number of nitrogens with zero attached hydrogens (tertiary/aromatic N) is 2. The van der Waals surface area contributed by atoms with Crippen molar-refractivity contribution >= 4 is 17.2 Å². The molecule has 1 amide bonds. The summed E-state index contributed by atoms with van der Waals surface area (Å²) in [6.45, 7) is 3.40. The molecular weight excluding hydrogens is 284 g/mol. The molecule has 5 nitrogen and oxygen atoms in total. The summed E-state index contributed by atoms with van der Waals surface area (Å²) in [7, 11) is 0. The number of nitrogens with one attached hydrogen (secondary N) is 2. The maximum atomic E-state index is 12.4. The van der Waals surface area contributed by atoms with Crippen molar-refractivity contribution in [2.75, 3.05) is 19.6 Å². The van der Waals surface area contributed by atoms with Crippen LogP contribution in [-0.2, 0) is 0 Å². The lowest BCUT2D eigenvalue weighted by molar-refractivity contribution is 0.0622. The van der Waals surface area contributed by atoms with E-state index in [2.05, 4.69) is 20.2 Å². The number of carbonyl (C=O) groups excluding carboxylic acids is 1. The average molecular weight is 302 g/mol. The number of H-pyrrole nitrogens is 1. The number of aromatic amines is 1. The van der Waals surface area contributed by atoms with Gasteiger partial charge in [-0.3, -0.25) is 4.79 Å². The van der Waals surface area contributed by atoms with Crippen LogP contribution in [0.25, 0.3) is 10.6 Å². The maximum Gasteiger partial charge on any atom is 0.261 e. The predicted octanol–water partition coefficient (Wildman–Crippen LogP) is 1.96. The summed E-state index contributed by atoms with van der Waals surface area (Å²) in [6.07, 6.45) is 5.87. The van der Waals surface area contributed by atoms with Gasteiger partial charge in [0.2, 0.25) is 0 Å². The number of aromatic nitrogens is 2. The molecule has 110 valence electrons. The van der Waals surface area contributed by atoms with Crippen molar-refractivity contribution in [3.05, 3.63) is 29.5 Å². The van der Waals surface area contributed by atoms with Crippen molar-refractivity contribution in [2.45, 2.75) is 18.9 Å². The Kier molecular flexibility index (Phi) is 3.27. The summed E-state index contributed by atoms with van der Waals surface area (Å²) in [5.74, 6) is 0.718. The Morgan fingerprint density at radius 2 is 2.24 bits per heavy atom. The number of imidazole rings is 1. The van der Waals surface area contributed by atoms with Gasteiger partial charge in [0, 0.05) is 12.6 Å². The Labute approximate surface area is 127 Å². The maximum absolute atomic E-state index is 12.4. The normalized spacial score (nSPS) is 27.7. The van der Waals surface area contributed by atoms with Crippen molar-refractivity contribution in [1.82, 2.24) is 20.2 Å². The van der Waals surface area contributed by atoms with E-state index in [1.54, 1.807) is 12.5 Å². The molecule has 21 heavy (non-hydrogen) atoms. The minimum absolute atomic E-state index is 0.0597. The zero-order valence-electron chi connectivity index (χ0n) is 11.7. The van der Waals surface area contributed by atoms with Crippen LogP contribution in [0.1, 0.15) is 22.5 Å². The van der Waals surface area contributed by atoms with Crippen molar-refractivity contribution in [2.24, 2.45) is 5.92 Å². The number of carbonyl (C=O) groups is 1. The van der Waals surface area contributed by atoms with E-state index in [1.807, 2.05) is 12.1 Å². The highest BCUT2D eigenvalue weighted by atomic mass is 32.1. The van der Waals surface area contributed by atoms with Crippen molar-refractivity contribution in [3.8, 4) is 10.6 Å². The van der Waals surface area contributed by atoms with Crippen LogP contribution >= 0.6 is 11.3 Å². The molecule has 5 heterocycles. The molecule has 2 aromatic rings. The van der Waals surface area contributed by atoms with Crippen LogP contribution in [0.5, 0.6) is 0 Å². The fraction of sp³-hybridized carbons (Fsp3) is 0.467. The molecule has 3 saturated heterocycles. The highest BCUT2D eigenvalue weighted by Crippen LogP contribution is 2.29. The van der Waals surface area contributed by atoms with Gasteiger partial charge in [0.25, 0.3) is 5.91 Å². The van der Waals surface area contributed by atoms with E-state index in [-0.39, 0.29) is 5.91 Å². The number of piperidine rings is 3. The summed E-state index contributed by atoms with van der Waals surface area (Å²) >= 11 is 1.51. The molecule has 3 aliphatic rings. The van der Waals surface area contributed by atoms with Crippen LogP contribution in [0, 0.1) is 5.92 Å². The first-order valence-electron chi connectivity index (χ1n) is 7.41. The molecule has 3 aliphatic heterocycles. The van der Waals surface area contributed by atoms with E-state index in [0.29, 0.717) is 12.0 Å². The molecule has 2 aromatic heterocycles. The third-order valence-electron chi connectivity index (χ3n) is 4.57. The lowest BCUT2D eigenvalue weighted by atomic mass is 9.84. The monoisotopic (exact) mass is 302 g/mol. The van der Waals surface area contributed by atoms with Crippen LogP contribution in [0.3, 0.4) is 0 Å². The minimum atomic E-state index is 0.0597. The zero-order chi connectivity index (χ0) is 14.2. The number of rotatable bonds is 3. The molecule has 2 N–H and O–H groups in total. The molecule has 1 unspecified atom stereocenters. The molecule has 6 heteroatoms. The topological polar surface area (TPSA) is 61.0 Å². The van der Waals surface area contributed by atoms with Gasteiger partial charge in [-0.15, -0.1) is 11.3 Å². The molecule has 3 fully saturated rings. The van der Waals surface area contributed by atoms with Crippen LogP contribution in [0.2, 0.25) is 0 Å². The quantitative estimate of drug-likeness (QED) is 0.911. The Balaban J connectivity index is 1.46. The summed E-state index contributed by atoms with van der Waals surface area (Å²) < 4.78 is 0. The van der Waals surface area contributed by atoms with Gasteiger partial charge in [-0.05, 0) is 44.0 Å². The second-order valence-electron chi connectivity index (χ2n) is 5.85. The van der Waals surface area contributed by atoms with Gasteiger partial charge >= 0.3 is 0 Å². The van der Waals surface area contributed by atoms with Crippen molar-refractivity contribution < 1.29 is 4.79 Å². The van der Waals surface area contributed by atoms with E-state index in [4.69, 9.17) is 0 Å². The van der Waals surface area contributed by atoms with Gasteiger partial charge in [-0.2, -0.15) is 0 Å². The number of fused-ring (bicyclic) bond motifs is 3. The molecule has 1 atom stereocenters. The number of hydrogen-bond acceptors (Lipinski definition) is 4. The van der Waals surface area contributed by atoms with Gasteiger partial charge in [-0.25, -0.2) is 4.98 Å². The highest BCUT2D eigenvalue weighted by molar-refractivity contribution is 7.17. The number of hydrogen-bond donors (Lipinski definition) is 2. The Hall–Kier alpha value is -1.66. The van der Waals surface area contributed by atoms with E-state index in [9.17, 15) is 4.79 Å². The summed E-state index contributed by atoms with van der Waals surface area (Å²) in [5.41, 5.74) is 0.960. The van der Waals surface area contributed by atoms with Gasteiger partial charge < -0.3 is 15.2 Å². The Morgan fingerprint density at radius 3 is 2.90 bits per heavy atom. The van der Waals surface area contributed by atoms with Crippen LogP contribution in [0.4, 0.5) is 0 Å². The second kappa shape index (κ2) is 5.27. The minimum Gasteiger partial charge on any atom is -0.347 e. The third kappa shape index (κ3) is 2.49. The first-order chi connectivity index (χ1) is 10.3. The molecule has 0 spiro atoms. The third-order valence-corrected chi connectivity index (χ3v) is 5.68. The predicted molar refractivity (Wildman–Crippen MR) is 82.3 cm³/mol. The first-order valence-corrected chi connectivity index (χ1v) is 8.23. The molecular formula is C15H18N4OS. The van der Waals surface area contributed by atoms with Gasteiger partial charge in [-0.1, -0.05) is 0 Å². The fourth-order valence-electron chi connectivity index (χ4n) is 3.36. The van der Waals surface area contributed by atoms with E-state index in [0.717, 1.165) is 22.0 Å². The highest BCUT2D eigenvalue weighted by Gasteiger charge is 2.35. The standard InChI is InChI=1S/C15H18N4OS/c20-15(18-12-8-19-5-3-10(12)4-6-19)14-2-1-13(21-14)11-7-16-9-17-11/h1-2,7,9-10,12H,3-6,8H2,(H,16,17)(H,18,20). The molecule has 5 rings (SSSR count). The van der Waals surface area contributed by atoms with Crippen LogP contribution in [-0.4, -0.2) is 46.5 Å². The van der Waals surface area contributed by atoms with Gasteiger partial charge in [0.15, 0.2) is 0 Å². The summed E-state index contributed by atoms with van der Waals surface area (Å²) in [4.78, 5) is 23.8. The summed E-state index contributed by atoms with van der Waals surface area (Å²) in [5, 5.41) is 3.23. The fourth-order valence-corrected chi connectivity index (χ4v) is 4.25.